The summed E-state index contributed by atoms with van der Waals surface area (Å²) >= 11 is 1.47. The van der Waals surface area contributed by atoms with Gasteiger partial charge in [0, 0.05) is 18.0 Å². The molecule has 124 valence electrons. The van der Waals surface area contributed by atoms with Gasteiger partial charge in [-0.2, -0.15) is 0 Å². The van der Waals surface area contributed by atoms with Crippen LogP contribution in [0.25, 0.3) is 17.0 Å². The molecular weight excluding hydrogens is 320 g/mol. The molecule has 4 rings (SSSR count). The molecule has 0 bridgehead atoms. The van der Waals surface area contributed by atoms with Gasteiger partial charge in [0.25, 0.3) is 5.56 Å². The summed E-state index contributed by atoms with van der Waals surface area (Å²) in [6.45, 7) is 4.32. The summed E-state index contributed by atoms with van der Waals surface area (Å²) in [4.78, 5) is 18.3. The summed E-state index contributed by atoms with van der Waals surface area (Å²) in [7, 11) is 1.83. The fourth-order valence-corrected chi connectivity index (χ4v) is 4.26. The zero-order chi connectivity index (χ0) is 17.1. The predicted molar refractivity (Wildman–Crippen MR) is 96.8 cm³/mol. The Balaban J connectivity index is 2.20. The van der Waals surface area contributed by atoms with E-state index in [2.05, 4.69) is 37.1 Å². The van der Waals surface area contributed by atoms with Gasteiger partial charge in [0.2, 0.25) is 5.78 Å². The predicted octanol–water partition coefficient (Wildman–Crippen LogP) is 3.04. The van der Waals surface area contributed by atoms with Crippen molar-refractivity contribution in [3.63, 3.8) is 0 Å². The molecule has 1 unspecified atom stereocenters. The molecule has 0 radical (unpaired) electrons. The van der Waals surface area contributed by atoms with E-state index < -0.39 is 0 Å². The Hall–Kier alpha value is -2.08. The second-order valence-corrected chi connectivity index (χ2v) is 7.41. The summed E-state index contributed by atoms with van der Waals surface area (Å²) < 4.78 is 3.35. The molecule has 24 heavy (non-hydrogen) atoms. The van der Waals surface area contributed by atoms with Crippen LogP contribution in [0.2, 0.25) is 0 Å². The van der Waals surface area contributed by atoms with E-state index in [9.17, 15) is 4.79 Å². The van der Waals surface area contributed by atoms with Gasteiger partial charge in [-0.15, -0.1) is 5.10 Å². The first-order valence-electron chi connectivity index (χ1n) is 8.12. The molecule has 0 amide bonds. The van der Waals surface area contributed by atoms with Gasteiger partial charge in [-0.05, 0) is 24.7 Å². The highest BCUT2D eigenvalue weighted by molar-refractivity contribution is 7.98. The lowest BCUT2D eigenvalue weighted by Crippen LogP contribution is -2.37. The van der Waals surface area contributed by atoms with Crippen LogP contribution in [0.3, 0.4) is 0 Å². The van der Waals surface area contributed by atoms with E-state index in [1.807, 2.05) is 19.4 Å². The van der Waals surface area contributed by atoms with Crippen LogP contribution >= 0.6 is 11.8 Å². The lowest BCUT2D eigenvalue weighted by atomic mass is 9.69. The standard InChI is InChI=1S/C18H20N4OS/c1-5-18(2)10-11-8-6-7-9-12(11)14-13(18)15(23)22-16(19-14)21(3)20-17(22)24-4/h6-9H,5,10H2,1-4H3. The minimum Gasteiger partial charge on any atom is -0.268 e. The molecular formula is C18H20N4OS. The van der Waals surface area contributed by atoms with E-state index in [1.165, 1.54) is 17.3 Å². The number of aromatic nitrogens is 4. The third-order valence-electron chi connectivity index (χ3n) is 5.20. The smallest absolute Gasteiger partial charge is 0.265 e. The number of rotatable bonds is 2. The lowest BCUT2D eigenvalue weighted by Gasteiger charge is -2.34. The number of benzene rings is 1. The summed E-state index contributed by atoms with van der Waals surface area (Å²) in [5.41, 5.74) is 3.79. The average molecular weight is 340 g/mol. The highest BCUT2D eigenvalue weighted by Gasteiger charge is 2.38. The van der Waals surface area contributed by atoms with Crippen molar-refractivity contribution in [1.29, 1.82) is 0 Å². The first kappa shape index (κ1) is 15.4. The molecule has 1 aliphatic rings. The number of hydrogen-bond donors (Lipinski definition) is 0. The molecule has 1 aliphatic carbocycles. The van der Waals surface area contributed by atoms with E-state index >= 15 is 0 Å². The van der Waals surface area contributed by atoms with Gasteiger partial charge in [0.15, 0.2) is 5.16 Å². The maximum atomic E-state index is 13.4. The van der Waals surface area contributed by atoms with Crippen molar-refractivity contribution in [1.82, 2.24) is 19.2 Å². The molecule has 6 heteroatoms. The molecule has 1 aromatic carbocycles. The van der Waals surface area contributed by atoms with E-state index in [4.69, 9.17) is 4.98 Å². The number of aryl methyl sites for hydroxylation is 1. The molecule has 0 N–H and O–H groups in total. The molecule has 0 spiro atoms. The summed E-state index contributed by atoms with van der Waals surface area (Å²) in [6.07, 6.45) is 3.69. The summed E-state index contributed by atoms with van der Waals surface area (Å²) in [6, 6.07) is 8.28. The second kappa shape index (κ2) is 5.21. The molecule has 5 nitrogen and oxygen atoms in total. The van der Waals surface area contributed by atoms with Gasteiger partial charge >= 0.3 is 0 Å². The van der Waals surface area contributed by atoms with Crippen LogP contribution in [0.4, 0.5) is 0 Å². The van der Waals surface area contributed by atoms with Crippen LogP contribution in [0.15, 0.2) is 34.2 Å². The largest absolute Gasteiger partial charge is 0.268 e. The van der Waals surface area contributed by atoms with Crippen LogP contribution in [0, 0.1) is 0 Å². The number of thioether (sulfide) groups is 1. The van der Waals surface area contributed by atoms with Crippen LogP contribution in [-0.4, -0.2) is 25.4 Å². The number of nitrogens with zero attached hydrogens (tertiary/aromatic N) is 4. The van der Waals surface area contributed by atoms with Crippen molar-refractivity contribution >= 4 is 17.5 Å². The Kier molecular flexibility index (Phi) is 3.35. The lowest BCUT2D eigenvalue weighted by molar-refractivity contribution is 0.439. The van der Waals surface area contributed by atoms with Crippen LogP contribution in [0.1, 0.15) is 31.4 Å². The maximum Gasteiger partial charge on any atom is 0.265 e. The van der Waals surface area contributed by atoms with Gasteiger partial charge in [0.05, 0.1) is 11.3 Å². The van der Waals surface area contributed by atoms with Crippen molar-refractivity contribution in [2.45, 2.75) is 37.3 Å². The fraction of sp³-hybridized carbons (Fsp3) is 0.389. The first-order chi connectivity index (χ1) is 11.5. The highest BCUT2D eigenvalue weighted by atomic mass is 32.2. The van der Waals surface area contributed by atoms with Crippen molar-refractivity contribution in [3.8, 4) is 11.3 Å². The first-order valence-corrected chi connectivity index (χ1v) is 9.35. The minimum atomic E-state index is -0.208. The maximum absolute atomic E-state index is 13.4. The quantitative estimate of drug-likeness (QED) is 0.673. The van der Waals surface area contributed by atoms with Crippen molar-refractivity contribution < 1.29 is 0 Å². The zero-order valence-corrected chi connectivity index (χ0v) is 15.1. The summed E-state index contributed by atoms with van der Waals surface area (Å²) in [5, 5.41) is 5.14. The Morgan fingerprint density at radius 3 is 2.79 bits per heavy atom. The van der Waals surface area contributed by atoms with E-state index in [0.717, 1.165) is 29.7 Å². The Bertz CT molecular complexity index is 1020. The van der Waals surface area contributed by atoms with Gasteiger partial charge < -0.3 is 0 Å². The number of hydrogen-bond acceptors (Lipinski definition) is 4. The third kappa shape index (κ3) is 1.92. The monoisotopic (exact) mass is 340 g/mol. The van der Waals surface area contributed by atoms with Crippen LogP contribution in [0.5, 0.6) is 0 Å². The molecule has 2 aromatic heterocycles. The zero-order valence-electron chi connectivity index (χ0n) is 14.3. The Labute approximate surface area is 144 Å². The van der Waals surface area contributed by atoms with Crippen LogP contribution in [-0.2, 0) is 18.9 Å². The minimum absolute atomic E-state index is 0.0197. The molecule has 1 atom stereocenters. The molecule has 0 aliphatic heterocycles. The van der Waals surface area contributed by atoms with Gasteiger partial charge in [0.1, 0.15) is 0 Å². The van der Waals surface area contributed by atoms with Gasteiger partial charge in [-0.25, -0.2) is 14.1 Å². The summed E-state index contributed by atoms with van der Waals surface area (Å²) in [5.74, 6) is 0.596. The Morgan fingerprint density at radius 2 is 2.08 bits per heavy atom. The van der Waals surface area contributed by atoms with Crippen molar-refractivity contribution in [2.75, 3.05) is 6.26 Å². The SMILES string of the molecule is CCC1(C)Cc2ccccc2-c2nc3n(C)nc(SC)n3c(=O)c21. The second-order valence-electron chi connectivity index (χ2n) is 6.63. The third-order valence-corrected chi connectivity index (χ3v) is 5.83. The van der Waals surface area contributed by atoms with Crippen LogP contribution < -0.4 is 5.56 Å². The molecule has 3 aromatic rings. The average Bonchev–Trinajstić information content (AvgIpc) is 2.91. The van der Waals surface area contributed by atoms with E-state index in [-0.39, 0.29) is 11.0 Å². The highest BCUT2D eigenvalue weighted by Crippen LogP contribution is 2.42. The van der Waals surface area contributed by atoms with Crippen molar-refractivity contribution in [3.05, 3.63) is 45.7 Å². The van der Waals surface area contributed by atoms with E-state index in [0.29, 0.717) is 10.9 Å². The molecule has 0 fully saturated rings. The number of fused-ring (bicyclic) bond motifs is 4. The topological polar surface area (TPSA) is 52.2 Å². The van der Waals surface area contributed by atoms with Gasteiger partial charge in [-0.3, -0.25) is 4.79 Å². The molecule has 2 heterocycles. The Morgan fingerprint density at radius 1 is 1.33 bits per heavy atom. The van der Waals surface area contributed by atoms with Gasteiger partial charge in [-0.1, -0.05) is 49.9 Å². The molecule has 0 saturated carbocycles. The fourth-order valence-electron chi connectivity index (χ4n) is 3.70. The van der Waals surface area contributed by atoms with E-state index in [1.54, 1.807) is 9.08 Å². The molecule has 0 saturated heterocycles. The normalized spacial score (nSPS) is 19.3. The van der Waals surface area contributed by atoms with Crippen molar-refractivity contribution in [2.24, 2.45) is 7.05 Å².